The summed E-state index contributed by atoms with van der Waals surface area (Å²) in [5.41, 5.74) is 5.55. The molecule has 0 aromatic heterocycles. The van der Waals surface area contributed by atoms with E-state index >= 15 is 0 Å². The van der Waals surface area contributed by atoms with Crippen LogP contribution in [0.3, 0.4) is 0 Å². The molecule has 0 atom stereocenters. The van der Waals surface area contributed by atoms with E-state index in [0.717, 1.165) is 12.8 Å². The van der Waals surface area contributed by atoms with Crippen LogP contribution in [0.5, 0.6) is 5.75 Å². The molecule has 6 heteroatoms. The Hall–Kier alpha value is -2.08. The number of hydrogen-bond acceptors (Lipinski definition) is 4. The van der Waals surface area contributed by atoms with Crippen LogP contribution in [0.15, 0.2) is 24.3 Å². The Balaban J connectivity index is 1.88. The highest BCUT2D eigenvalue weighted by atomic mass is 16.5. The number of hydrogen-bond donors (Lipinski definition) is 2. The number of ether oxygens (including phenoxy) is 1. The summed E-state index contributed by atoms with van der Waals surface area (Å²) in [6, 6.07) is 6.59. The van der Waals surface area contributed by atoms with Gasteiger partial charge in [-0.3, -0.25) is 9.59 Å². The zero-order valence-electron chi connectivity index (χ0n) is 12.0. The van der Waals surface area contributed by atoms with Crippen molar-refractivity contribution < 1.29 is 19.4 Å². The first-order chi connectivity index (χ1) is 9.95. The molecule has 0 radical (unpaired) electrons. The highest BCUT2D eigenvalue weighted by Crippen LogP contribution is 2.28. The van der Waals surface area contributed by atoms with Crippen molar-refractivity contribution in [2.24, 2.45) is 11.7 Å². The molecule has 0 aliphatic heterocycles. The Labute approximate surface area is 123 Å². The molecule has 114 valence electrons. The fourth-order valence-electron chi connectivity index (χ4n) is 2.39. The standard InChI is InChI=1S/C15H20N2O4/c1-17(8-10-6-12(18)7-10)15(20)11-2-4-13(5-3-11)21-9-14(16)19/h2-5,10,12,18H,6-9H2,1H3,(H2,16,19). The van der Waals surface area contributed by atoms with Crippen LogP contribution in [0.4, 0.5) is 0 Å². The van der Waals surface area contributed by atoms with Crippen LogP contribution >= 0.6 is 0 Å². The Kier molecular flexibility index (Phi) is 4.80. The van der Waals surface area contributed by atoms with E-state index in [1.807, 2.05) is 0 Å². The zero-order valence-corrected chi connectivity index (χ0v) is 12.0. The van der Waals surface area contributed by atoms with E-state index in [1.165, 1.54) is 0 Å². The number of primary amides is 1. The number of aliphatic hydroxyl groups excluding tert-OH is 1. The van der Waals surface area contributed by atoms with Gasteiger partial charge in [-0.1, -0.05) is 0 Å². The summed E-state index contributed by atoms with van der Waals surface area (Å²) in [4.78, 5) is 24.5. The van der Waals surface area contributed by atoms with Gasteiger partial charge in [0, 0.05) is 19.2 Å². The van der Waals surface area contributed by atoms with E-state index in [4.69, 9.17) is 10.5 Å². The predicted octanol–water partition coefficient (Wildman–Crippen LogP) is 0.394. The van der Waals surface area contributed by atoms with Crippen LogP contribution in [0.25, 0.3) is 0 Å². The first-order valence-corrected chi connectivity index (χ1v) is 6.90. The van der Waals surface area contributed by atoms with Crippen molar-refractivity contribution >= 4 is 11.8 Å². The number of rotatable bonds is 6. The van der Waals surface area contributed by atoms with Crippen molar-refractivity contribution in [2.45, 2.75) is 18.9 Å². The third-order valence-electron chi connectivity index (χ3n) is 3.57. The topological polar surface area (TPSA) is 92.9 Å². The van der Waals surface area contributed by atoms with E-state index in [2.05, 4.69) is 0 Å². The first kappa shape index (κ1) is 15.3. The summed E-state index contributed by atoms with van der Waals surface area (Å²) in [5.74, 6) is 0.262. The van der Waals surface area contributed by atoms with Gasteiger partial charge in [-0.15, -0.1) is 0 Å². The highest BCUT2D eigenvalue weighted by molar-refractivity contribution is 5.94. The minimum absolute atomic E-state index is 0.0714. The fraction of sp³-hybridized carbons (Fsp3) is 0.467. The van der Waals surface area contributed by atoms with E-state index in [9.17, 15) is 14.7 Å². The molecule has 1 fully saturated rings. The Morgan fingerprint density at radius 1 is 1.33 bits per heavy atom. The predicted molar refractivity (Wildman–Crippen MR) is 76.8 cm³/mol. The normalized spacial score (nSPS) is 20.5. The molecule has 6 nitrogen and oxygen atoms in total. The first-order valence-electron chi connectivity index (χ1n) is 6.90. The second-order valence-electron chi connectivity index (χ2n) is 5.46. The van der Waals surface area contributed by atoms with Crippen LogP contribution < -0.4 is 10.5 Å². The summed E-state index contributed by atoms with van der Waals surface area (Å²) in [6.45, 7) is 0.465. The number of aliphatic hydroxyl groups is 1. The van der Waals surface area contributed by atoms with Crippen molar-refractivity contribution in [3.8, 4) is 5.75 Å². The zero-order chi connectivity index (χ0) is 15.4. The summed E-state index contributed by atoms with van der Waals surface area (Å²) in [7, 11) is 1.75. The second-order valence-corrected chi connectivity index (χ2v) is 5.46. The van der Waals surface area contributed by atoms with Crippen molar-refractivity contribution in [2.75, 3.05) is 20.2 Å². The maximum Gasteiger partial charge on any atom is 0.255 e. The van der Waals surface area contributed by atoms with Gasteiger partial charge in [0.1, 0.15) is 5.75 Å². The van der Waals surface area contributed by atoms with E-state index in [1.54, 1.807) is 36.2 Å². The van der Waals surface area contributed by atoms with E-state index in [-0.39, 0.29) is 18.6 Å². The van der Waals surface area contributed by atoms with Gasteiger partial charge in [0.2, 0.25) is 0 Å². The van der Waals surface area contributed by atoms with Gasteiger partial charge in [-0.05, 0) is 43.0 Å². The minimum atomic E-state index is -0.544. The van der Waals surface area contributed by atoms with Gasteiger partial charge in [0.15, 0.2) is 6.61 Å². The average Bonchev–Trinajstić information content (AvgIpc) is 2.43. The molecule has 0 unspecified atom stereocenters. The monoisotopic (exact) mass is 292 g/mol. The van der Waals surface area contributed by atoms with Gasteiger partial charge in [0.25, 0.3) is 11.8 Å². The fourth-order valence-corrected chi connectivity index (χ4v) is 2.39. The minimum Gasteiger partial charge on any atom is -0.484 e. The van der Waals surface area contributed by atoms with Crippen LogP contribution in [0.1, 0.15) is 23.2 Å². The Bertz CT molecular complexity index is 509. The molecule has 1 aliphatic carbocycles. The van der Waals surface area contributed by atoms with Crippen LogP contribution in [-0.4, -0.2) is 48.1 Å². The third kappa shape index (κ3) is 4.19. The third-order valence-corrected chi connectivity index (χ3v) is 3.57. The lowest BCUT2D eigenvalue weighted by molar-refractivity contribution is -0.119. The van der Waals surface area contributed by atoms with Crippen molar-refractivity contribution in [3.05, 3.63) is 29.8 Å². The summed E-state index contributed by atoms with van der Waals surface area (Å²) >= 11 is 0. The molecular weight excluding hydrogens is 272 g/mol. The molecule has 2 rings (SSSR count). The van der Waals surface area contributed by atoms with E-state index in [0.29, 0.717) is 23.8 Å². The molecule has 1 aromatic carbocycles. The Morgan fingerprint density at radius 3 is 2.48 bits per heavy atom. The Morgan fingerprint density at radius 2 is 1.95 bits per heavy atom. The summed E-state index contributed by atoms with van der Waals surface area (Å²) in [6.07, 6.45) is 1.31. The van der Waals surface area contributed by atoms with Crippen molar-refractivity contribution in [1.29, 1.82) is 0 Å². The highest BCUT2D eigenvalue weighted by Gasteiger charge is 2.29. The number of nitrogens with zero attached hydrogens (tertiary/aromatic N) is 1. The molecular formula is C15H20N2O4. The maximum atomic E-state index is 12.2. The summed E-state index contributed by atoms with van der Waals surface area (Å²) in [5, 5.41) is 9.26. The largest absolute Gasteiger partial charge is 0.484 e. The molecule has 0 spiro atoms. The second kappa shape index (κ2) is 6.58. The SMILES string of the molecule is CN(CC1CC(O)C1)C(=O)c1ccc(OCC(N)=O)cc1. The van der Waals surface area contributed by atoms with Crippen LogP contribution in [0, 0.1) is 5.92 Å². The molecule has 21 heavy (non-hydrogen) atoms. The van der Waals surface area contributed by atoms with Gasteiger partial charge < -0.3 is 20.5 Å². The molecule has 0 saturated heterocycles. The average molecular weight is 292 g/mol. The number of nitrogens with two attached hydrogens (primary N) is 1. The van der Waals surface area contributed by atoms with Crippen LogP contribution in [-0.2, 0) is 4.79 Å². The van der Waals surface area contributed by atoms with Gasteiger partial charge in [-0.25, -0.2) is 0 Å². The van der Waals surface area contributed by atoms with Crippen molar-refractivity contribution in [3.63, 3.8) is 0 Å². The molecule has 0 bridgehead atoms. The quantitative estimate of drug-likeness (QED) is 0.793. The van der Waals surface area contributed by atoms with E-state index < -0.39 is 5.91 Å². The van der Waals surface area contributed by atoms with Crippen LogP contribution in [0.2, 0.25) is 0 Å². The lowest BCUT2D eigenvalue weighted by atomic mass is 9.82. The van der Waals surface area contributed by atoms with Gasteiger partial charge >= 0.3 is 0 Å². The lowest BCUT2D eigenvalue weighted by Crippen LogP contribution is -2.39. The molecule has 1 aromatic rings. The molecule has 0 heterocycles. The number of amides is 2. The van der Waals surface area contributed by atoms with Crippen molar-refractivity contribution in [1.82, 2.24) is 4.90 Å². The summed E-state index contributed by atoms with van der Waals surface area (Å²) < 4.78 is 5.14. The maximum absolute atomic E-state index is 12.2. The molecule has 2 amide bonds. The van der Waals surface area contributed by atoms with Gasteiger partial charge in [0.05, 0.1) is 6.10 Å². The molecule has 1 aliphatic rings. The molecule has 1 saturated carbocycles. The number of benzene rings is 1. The number of carbonyl (C=O) groups excluding carboxylic acids is 2. The van der Waals surface area contributed by atoms with Gasteiger partial charge in [-0.2, -0.15) is 0 Å². The number of carbonyl (C=O) groups is 2. The smallest absolute Gasteiger partial charge is 0.255 e. The lowest BCUT2D eigenvalue weighted by Gasteiger charge is -2.34. The molecule has 3 N–H and O–H groups in total.